The maximum absolute atomic E-state index is 12.9. The van der Waals surface area contributed by atoms with Crippen molar-refractivity contribution in [2.75, 3.05) is 10.8 Å². The molecule has 0 atom stereocenters. The molecule has 118 valence electrons. The van der Waals surface area contributed by atoms with Gasteiger partial charge in [-0.25, -0.2) is 8.42 Å². The van der Waals surface area contributed by atoms with Gasteiger partial charge >= 0.3 is 0 Å². The maximum Gasteiger partial charge on any atom is 0.264 e. The van der Waals surface area contributed by atoms with E-state index in [1.807, 2.05) is 39.0 Å². The lowest BCUT2D eigenvalue weighted by atomic mass is 10.2. The number of hydrogen-bond acceptors (Lipinski definition) is 3. The predicted octanol–water partition coefficient (Wildman–Crippen LogP) is 3.55. The Hall–Kier alpha value is -2.01. The normalized spacial score (nSPS) is 11.6. The van der Waals surface area contributed by atoms with Crippen LogP contribution < -0.4 is 4.31 Å². The lowest BCUT2D eigenvalue weighted by Gasteiger charge is -2.26. The van der Waals surface area contributed by atoms with Crippen LogP contribution in [-0.2, 0) is 10.0 Å². The van der Waals surface area contributed by atoms with Crippen molar-refractivity contribution < 1.29 is 13.5 Å². The minimum Gasteiger partial charge on any atom is -0.508 e. The molecule has 0 spiro atoms. The quantitative estimate of drug-likeness (QED) is 0.917. The molecule has 4 nitrogen and oxygen atoms in total. The molecule has 0 radical (unpaired) electrons. The van der Waals surface area contributed by atoms with Gasteiger partial charge in [0.2, 0.25) is 0 Å². The molecular formula is C17H21NO3S. The third-order valence-corrected chi connectivity index (χ3v) is 5.05. The monoisotopic (exact) mass is 319 g/mol. The first-order chi connectivity index (χ1) is 10.3. The average molecular weight is 319 g/mol. The number of rotatable bonds is 5. The largest absolute Gasteiger partial charge is 0.508 e. The molecule has 0 aliphatic carbocycles. The highest BCUT2D eigenvalue weighted by molar-refractivity contribution is 7.92. The van der Waals surface area contributed by atoms with E-state index in [0.29, 0.717) is 12.2 Å². The molecule has 0 saturated carbocycles. The van der Waals surface area contributed by atoms with Crippen LogP contribution in [0.15, 0.2) is 53.4 Å². The second-order valence-electron chi connectivity index (χ2n) is 5.76. The van der Waals surface area contributed by atoms with Crippen molar-refractivity contribution in [3.05, 3.63) is 54.1 Å². The first-order valence-electron chi connectivity index (χ1n) is 7.19. The van der Waals surface area contributed by atoms with Gasteiger partial charge in [0.05, 0.1) is 10.6 Å². The van der Waals surface area contributed by atoms with Crippen molar-refractivity contribution in [2.24, 2.45) is 5.92 Å². The summed E-state index contributed by atoms with van der Waals surface area (Å²) in [6, 6.07) is 13.1. The summed E-state index contributed by atoms with van der Waals surface area (Å²) >= 11 is 0. The number of phenols is 1. The van der Waals surface area contributed by atoms with Gasteiger partial charge in [-0.1, -0.05) is 26.0 Å². The fourth-order valence-electron chi connectivity index (χ4n) is 2.20. The number of aromatic hydroxyl groups is 1. The van der Waals surface area contributed by atoms with Gasteiger partial charge in [-0.05, 0) is 54.8 Å². The summed E-state index contributed by atoms with van der Waals surface area (Å²) in [6.07, 6.45) is 0. The third-order valence-electron chi connectivity index (χ3n) is 3.25. The van der Waals surface area contributed by atoms with Gasteiger partial charge in [0.1, 0.15) is 5.75 Å². The van der Waals surface area contributed by atoms with E-state index >= 15 is 0 Å². The Morgan fingerprint density at radius 2 is 1.73 bits per heavy atom. The number of nitrogens with zero attached hydrogens (tertiary/aromatic N) is 1. The number of hydrogen-bond donors (Lipinski definition) is 1. The first-order valence-corrected chi connectivity index (χ1v) is 8.63. The van der Waals surface area contributed by atoms with Crippen LogP contribution in [0.5, 0.6) is 5.75 Å². The van der Waals surface area contributed by atoms with Crippen molar-refractivity contribution in [1.82, 2.24) is 0 Å². The Morgan fingerprint density at radius 1 is 1.09 bits per heavy atom. The summed E-state index contributed by atoms with van der Waals surface area (Å²) in [5, 5.41) is 9.35. The Bertz CT molecular complexity index is 737. The second kappa shape index (κ2) is 6.40. The zero-order chi connectivity index (χ0) is 16.3. The zero-order valence-electron chi connectivity index (χ0n) is 13.0. The molecule has 0 saturated heterocycles. The molecule has 22 heavy (non-hydrogen) atoms. The van der Waals surface area contributed by atoms with Crippen LogP contribution in [0.4, 0.5) is 5.69 Å². The lowest BCUT2D eigenvalue weighted by molar-refractivity contribution is 0.474. The van der Waals surface area contributed by atoms with Gasteiger partial charge in [-0.2, -0.15) is 0 Å². The van der Waals surface area contributed by atoms with Crippen LogP contribution in [0.3, 0.4) is 0 Å². The highest BCUT2D eigenvalue weighted by Crippen LogP contribution is 2.26. The van der Waals surface area contributed by atoms with Crippen LogP contribution in [-0.4, -0.2) is 20.1 Å². The predicted molar refractivity (Wildman–Crippen MR) is 88.7 cm³/mol. The topological polar surface area (TPSA) is 57.6 Å². The second-order valence-corrected chi connectivity index (χ2v) is 7.63. The fourth-order valence-corrected chi connectivity index (χ4v) is 3.82. The molecule has 2 aromatic carbocycles. The lowest BCUT2D eigenvalue weighted by Crippen LogP contribution is -2.34. The SMILES string of the molecule is Cc1cccc(N(CC(C)C)S(=O)(=O)c2ccc(O)cc2)c1. The van der Waals surface area contributed by atoms with Gasteiger partial charge in [0.25, 0.3) is 10.0 Å². The molecule has 0 aliphatic heterocycles. The van der Waals surface area contributed by atoms with E-state index in [0.717, 1.165) is 5.56 Å². The zero-order valence-corrected chi connectivity index (χ0v) is 13.8. The highest BCUT2D eigenvalue weighted by atomic mass is 32.2. The molecule has 1 N–H and O–H groups in total. The van der Waals surface area contributed by atoms with Crippen LogP contribution >= 0.6 is 0 Å². The third kappa shape index (κ3) is 3.60. The number of benzene rings is 2. The van der Waals surface area contributed by atoms with E-state index in [9.17, 15) is 13.5 Å². The summed E-state index contributed by atoms with van der Waals surface area (Å²) in [6.45, 7) is 6.29. The molecule has 0 unspecified atom stereocenters. The smallest absolute Gasteiger partial charge is 0.264 e. The van der Waals surface area contributed by atoms with Gasteiger partial charge < -0.3 is 5.11 Å². The Balaban J connectivity index is 2.50. The Labute approximate surface area is 132 Å². The molecule has 0 bridgehead atoms. The summed E-state index contributed by atoms with van der Waals surface area (Å²) in [5.74, 6) is 0.234. The minimum absolute atomic E-state index is 0.0462. The fraction of sp³-hybridized carbons (Fsp3) is 0.294. The minimum atomic E-state index is -3.66. The van der Waals surface area contributed by atoms with Crippen molar-refractivity contribution in [3.8, 4) is 5.75 Å². The molecule has 0 aliphatic rings. The Morgan fingerprint density at radius 3 is 2.27 bits per heavy atom. The van der Waals surface area contributed by atoms with Crippen LogP contribution in [0.2, 0.25) is 0 Å². The van der Waals surface area contributed by atoms with E-state index in [1.54, 1.807) is 6.07 Å². The first kappa shape index (κ1) is 16.4. The van der Waals surface area contributed by atoms with E-state index in [1.165, 1.54) is 28.6 Å². The Kier molecular flexibility index (Phi) is 4.76. The number of sulfonamides is 1. The van der Waals surface area contributed by atoms with Crippen LogP contribution in [0, 0.1) is 12.8 Å². The molecule has 2 aromatic rings. The highest BCUT2D eigenvalue weighted by Gasteiger charge is 2.25. The molecular weight excluding hydrogens is 298 g/mol. The molecule has 0 fully saturated rings. The van der Waals surface area contributed by atoms with Crippen LogP contribution in [0.1, 0.15) is 19.4 Å². The molecule has 5 heteroatoms. The van der Waals surface area contributed by atoms with E-state index in [-0.39, 0.29) is 16.6 Å². The van der Waals surface area contributed by atoms with E-state index < -0.39 is 10.0 Å². The number of aryl methyl sites for hydroxylation is 1. The van der Waals surface area contributed by atoms with Gasteiger partial charge in [-0.15, -0.1) is 0 Å². The number of phenolic OH excluding ortho intramolecular Hbond substituents is 1. The van der Waals surface area contributed by atoms with Crippen molar-refractivity contribution in [1.29, 1.82) is 0 Å². The van der Waals surface area contributed by atoms with Crippen molar-refractivity contribution in [3.63, 3.8) is 0 Å². The molecule has 2 rings (SSSR count). The summed E-state index contributed by atoms with van der Waals surface area (Å²) in [7, 11) is -3.66. The summed E-state index contributed by atoms with van der Waals surface area (Å²) < 4.78 is 27.3. The van der Waals surface area contributed by atoms with Crippen LogP contribution in [0.25, 0.3) is 0 Å². The summed E-state index contributed by atoms with van der Waals surface area (Å²) in [4.78, 5) is 0.174. The molecule has 0 heterocycles. The number of anilines is 1. The maximum atomic E-state index is 12.9. The van der Waals surface area contributed by atoms with E-state index in [4.69, 9.17) is 0 Å². The van der Waals surface area contributed by atoms with Gasteiger partial charge in [0, 0.05) is 6.54 Å². The van der Waals surface area contributed by atoms with Crippen molar-refractivity contribution >= 4 is 15.7 Å². The molecule has 0 aromatic heterocycles. The van der Waals surface area contributed by atoms with Gasteiger partial charge in [-0.3, -0.25) is 4.31 Å². The standard InChI is InChI=1S/C17H21NO3S/c1-13(2)12-18(15-6-4-5-14(3)11-15)22(20,21)17-9-7-16(19)8-10-17/h4-11,13,19H,12H2,1-3H3. The van der Waals surface area contributed by atoms with E-state index in [2.05, 4.69) is 0 Å². The average Bonchev–Trinajstić information content (AvgIpc) is 2.45. The molecule has 0 amide bonds. The van der Waals surface area contributed by atoms with Crippen molar-refractivity contribution in [2.45, 2.75) is 25.7 Å². The summed E-state index contributed by atoms with van der Waals surface area (Å²) in [5.41, 5.74) is 1.66. The van der Waals surface area contributed by atoms with Gasteiger partial charge in [0.15, 0.2) is 0 Å².